The van der Waals surface area contributed by atoms with Crippen molar-refractivity contribution in [3.8, 4) is 33.9 Å². The molecule has 156 valence electrons. The Morgan fingerprint density at radius 1 is 1.06 bits per heavy atom. The standard InChI is InChI=1S/C25H24N4O2/c1-16-22(23(29-31-16)17-8-3-2-4-9-17)21-15-26-24(28-21)18-10-7-11-19(14-18)25(30)27-20-12-5-6-13-20/h2-4,7-11,14-15,20H,5-6,12-13H2,1H3,(H,26,28)(H,27,30). The van der Waals surface area contributed by atoms with Gasteiger partial charge in [-0.15, -0.1) is 0 Å². The Kier molecular flexibility index (Phi) is 5.12. The molecule has 6 nitrogen and oxygen atoms in total. The molecule has 2 N–H and O–H groups in total. The molecule has 2 heterocycles. The highest BCUT2D eigenvalue weighted by Gasteiger charge is 2.20. The highest BCUT2D eigenvalue weighted by Crippen LogP contribution is 2.34. The van der Waals surface area contributed by atoms with Crippen molar-refractivity contribution in [3.63, 3.8) is 0 Å². The fraction of sp³-hybridized carbons (Fsp3) is 0.240. The Morgan fingerprint density at radius 3 is 2.65 bits per heavy atom. The lowest BCUT2D eigenvalue weighted by Crippen LogP contribution is -2.32. The number of rotatable bonds is 5. The number of H-pyrrole nitrogens is 1. The number of benzene rings is 2. The number of nitrogens with zero attached hydrogens (tertiary/aromatic N) is 2. The Hall–Kier alpha value is -3.67. The summed E-state index contributed by atoms with van der Waals surface area (Å²) in [7, 11) is 0. The summed E-state index contributed by atoms with van der Waals surface area (Å²) in [6.45, 7) is 1.89. The fourth-order valence-electron chi connectivity index (χ4n) is 4.22. The minimum atomic E-state index is -0.0261. The van der Waals surface area contributed by atoms with E-state index < -0.39 is 0 Å². The van der Waals surface area contributed by atoms with Gasteiger partial charge in [-0.25, -0.2) is 4.98 Å². The zero-order valence-electron chi connectivity index (χ0n) is 17.4. The summed E-state index contributed by atoms with van der Waals surface area (Å²) in [4.78, 5) is 20.6. The maximum absolute atomic E-state index is 12.7. The SMILES string of the molecule is Cc1onc(-c2ccccc2)c1-c1cnc(-c2cccc(C(=O)NC3CCCC3)c2)[nH]1. The van der Waals surface area contributed by atoms with Gasteiger partial charge in [0.15, 0.2) is 0 Å². The maximum atomic E-state index is 12.7. The Labute approximate surface area is 180 Å². The van der Waals surface area contributed by atoms with Gasteiger partial charge in [0.05, 0.1) is 17.5 Å². The molecule has 0 atom stereocenters. The molecule has 31 heavy (non-hydrogen) atoms. The summed E-state index contributed by atoms with van der Waals surface area (Å²) in [5.74, 6) is 1.39. The third-order valence-electron chi connectivity index (χ3n) is 5.84. The average molecular weight is 412 g/mol. The van der Waals surface area contributed by atoms with E-state index in [4.69, 9.17) is 4.52 Å². The first-order valence-corrected chi connectivity index (χ1v) is 10.7. The number of hydrogen-bond donors (Lipinski definition) is 2. The quantitative estimate of drug-likeness (QED) is 0.461. The van der Waals surface area contributed by atoms with E-state index >= 15 is 0 Å². The van der Waals surface area contributed by atoms with Crippen molar-refractivity contribution in [2.75, 3.05) is 0 Å². The summed E-state index contributed by atoms with van der Waals surface area (Å²) < 4.78 is 5.48. The number of hydrogen-bond acceptors (Lipinski definition) is 4. The van der Waals surface area contributed by atoms with E-state index in [0.717, 1.165) is 46.7 Å². The molecule has 6 heteroatoms. The van der Waals surface area contributed by atoms with Crippen molar-refractivity contribution in [1.82, 2.24) is 20.4 Å². The van der Waals surface area contributed by atoms with E-state index in [1.54, 1.807) is 6.20 Å². The van der Waals surface area contributed by atoms with Crippen LogP contribution < -0.4 is 5.32 Å². The third kappa shape index (κ3) is 3.89. The number of aryl methyl sites for hydroxylation is 1. The highest BCUT2D eigenvalue weighted by atomic mass is 16.5. The number of aromatic nitrogens is 3. The predicted octanol–water partition coefficient (Wildman–Crippen LogP) is 5.38. The molecule has 0 spiro atoms. The summed E-state index contributed by atoms with van der Waals surface area (Å²) in [5, 5.41) is 7.40. The summed E-state index contributed by atoms with van der Waals surface area (Å²) in [5.41, 5.74) is 4.98. The summed E-state index contributed by atoms with van der Waals surface area (Å²) in [6.07, 6.45) is 6.29. The molecule has 1 aliphatic rings. The van der Waals surface area contributed by atoms with E-state index in [-0.39, 0.29) is 5.91 Å². The lowest BCUT2D eigenvalue weighted by Gasteiger charge is -2.12. The lowest BCUT2D eigenvalue weighted by molar-refractivity contribution is 0.0938. The molecule has 0 radical (unpaired) electrons. The zero-order chi connectivity index (χ0) is 21.2. The van der Waals surface area contributed by atoms with Crippen LogP contribution in [0, 0.1) is 6.92 Å². The van der Waals surface area contributed by atoms with E-state index in [1.807, 2.05) is 61.5 Å². The largest absolute Gasteiger partial charge is 0.360 e. The van der Waals surface area contributed by atoms with E-state index in [9.17, 15) is 4.79 Å². The minimum Gasteiger partial charge on any atom is -0.360 e. The van der Waals surface area contributed by atoms with Crippen LogP contribution in [0.2, 0.25) is 0 Å². The van der Waals surface area contributed by atoms with Crippen LogP contribution in [0.25, 0.3) is 33.9 Å². The van der Waals surface area contributed by atoms with E-state index in [1.165, 1.54) is 12.8 Å². The van der Waals surface area contributed by atoms with Crippen molar-refractivity contribution in [3.05, 3.63) is 72.1 Å². The fourth-order valence-corrected chi connectivity index (χ4v) is 4.22. The Morgan fingerprint density at radius 2 is 1.84 bits per heavy atom. The second kappa shape index (κ2) is 8.22. The first-order valence-electron chi connectivity index (χ1n) is 10.7. The van der Waals surface area contributed by atoms with Gasteiger partial charge in [-0.2, -0.15) is 0 Å². The van der Waals surface area contributed by atoms with Crippen LogP contribution in [0.4, 0.5) is 0 Å². The molecule has 1 saturated carbocycles. The number of carbonyl (C=O) groups excluding carboxylic acids is 1. The number of imidazole rings is 1. The molecule has 0 unspecified atom stereocenters. The lowest BCUT2D eigenvalue weighted by atomic mass is 10.0. The number of amides is 1. The van der Waals surface area contributed by atoms with Crippen molar-refractivity contribution in [2.45, 2.75) is 38.6 Å². The molecule has 0 bridgehead atoms. The van der Waals surface area contributed by atoms with Crippen molar-refractivity contribution < 1.29 is 9.32 Å². The molecule has 0 saturated heterocycles. The molecule has 2 aromatic heterocycles. The van der Waals surface area contributed by atoms with Gasteiger partial charge in [0.2, 0.25) is 0 Å². The Bertz CT molecular complexity index is 1200. The number of nitrogens with one attached hydrogen (secondary N) is 2. The number of aromatic amines is 1. The van der Waals surface area contributed by atoms with Gasteiger partial charge in [0, 0.05) is 22.7 Å². The van der Waals surface area contributed by atoms with E-state index in [2.05, 4.69) is 20.4 Å². The monoisotopic (exact) mass is 412 g/mol. The van der Waals surface area contributed by atoms with Gasteiger partial charge < -0.3 is 14.8 Å². The molecule has 5 rings (SSSR count). The molecular formula is C25H24N4O2. The van der Waals surface area contributed by atoms with Gasteiger partial charge in [0.1, 0.15) is 17.3 Å². The molecule has 1 aliphatic carbocycles. The van der Waals surface area contributed by atoms with Crippen LogP contribution in [0.5, 0.6) is 0 Å². The van der Waals surface area contributed by atoms with Gasteiger partial charge in [-0.1, -0.05) is 60.5 Å². The third-order valence-corrected chi connectivity index (χ3v) is 5.84. The average Bonchev–Trinajstić information content (AvgIpc) is 3.55. The zero-order valence-corrected chi connectivity index (χ0v) is 17.4. The van der Waals surface area contributed by atoms with E-state index in [0.29, 0.717) is 17.4 Å². The van der Waals surface area contributed by atoms with Gasteiger partial charge in [-0.05, 0) is 31.9 Å². The summed E-state index contributed by atoms with van der Waals surface area (Å²) in [6, 6.07) is 17.8. The molecule has 1 amide bonds. The van der Waals surface area contributed by atoms with Crippen molar-refractivity contribution in [2.24, 2.45) is 0 Å². The molecule has 1 fully saturated rings. The smallest absolute Gasteiger partial charge is 0.251 e. The second-order valence-corrected chi connectivity index (χ2v) is 8.01. The molecule has 2 aromatic carbocycles. The van der Waals surface area contributed by atoms with Gasteiger partial charge >= 0.3 is 0 Å². The van der Waals surface area contributed by atoms with Crippen molar-refractivity contribution in [1.29, 1.82) is 0 Å². The van der Waals surface area contributed by atoms with Crippen LogP contribution >= 0.6 is 0 Å². The number of carbonyl (C=O) groups is 1. The van der Waals surface area contributed by atoms with Gasteiger partial charge in [0.25, 0.3) is 5.91 Å². The summed E-state index contributed by atoms with van der Waals surface area (Å²) >= 11 is 0. The van der Waals surface area contributed by atoms with Crippen LogP contribution in [-0.4, -0.2) is 27.1 Å². The van der Waals surface area contributed by atoms with Crippen LogP contribution in [0.15, 0.2) is 65.3 Å². The first kappa shape index (κ1) is 19.3. The first-order chi connectivity index (χ1) is 15.2. The normalized spacial score (nSPS) is 14.1. The Balaban J connectivity index is 1.43. The molecule has 0 aliphatic heterocycles. The van der Waals surface area contributed by atoms with Crippen LogP contribution in [-0.2, 0) is 0 Å². The topological polar surface area (TPSA) is 83.8 Å². The molecular weight excluding hydrogens is 388 g/mol. The van der Waals surface area contributed by atoms with Crippen LogP contribution in [0.3, 0.4) is 0 Å². The predicted molar refractivity (Wildman–Crippen MR) is 119 cm³/mol. The minimum absolute atomic E-state index is 0.0261. The maximum Gasteiger partial charge on any atom is 0.251 e. The van der Waals surface area contributed by atoms with Crippen LogP contribution in [0.1, 0.15) is 41.8 Å². The second-order valence-electron chi connectivity index (χ2n) is 8.01. The van der Waals surface area contributed by atoms with Gasteiger partial charge in [-0.3, -0.25) is 4.79 Å². The molecule has 4 aromatic rings. The van der Waals surface area contributed by atoms with Crippen molar-refractivity contribution >= 4 is 5.91 Å². The highest BCUT2D eigenvalue weighted by molar-refractivity contribution is 5.95.